The second-order valence-corrected chi connectivity index (χ2v) is 19.2. The molecule has 0 fully saturated rings. The summed E-state index contributed by atoms with van der Waals surface area (Å²) in [6, 6.07) is 9.12. The van der Waals surface area contributed by atoms with Crippen molar-refractivity contribution in [3.05, 3.63) is 59.7 Å². The molecule has 7 N–H and O–H groups in total. The average molecular weight is 901 g/mol. The molecule has 15 nitrogen and oxygen atoms in total. The third-order valence-electron chi connectivity index (χ3n) is 11.0. The normalized spacial score (nSPS) is 14.9. The van der Waals surface area contributed by atoms with Crippen molar-refractivity contribution in [1.29, 1.82) is 0 Å². The van der Waals surface area contributed by atoms with Gasteiger partial charge in [0.1, 0.15) is 42.9 Å². The molecule has 0 aromatic heterocycles. The molecule has 3 rings (SSSR count). The monoisotopic (exact) mass is 901 g/mol. The number of terminal acetylenes is 1. The van der Waals surface area contributed by atoms with E-state index in [1.165, 1.54) is 0 Å². The van der Waals surface area contributed by atoms with Crippen LogP contribution in [-0.4, -0.2) is 89.6 Å². The first-order valence-electron chi connectivity index (χ1n) is 22.9. The Hall–Kier alpha value is -5.91. The number of rotatable bonds is 25. The SMILES string of the molecule is C#CC[C@H](NC(=O)[C@H](CC(C)C)NC(=O)[C@H](CC(C)C)NC(=O)[C@H](CC(C)C)NC(=O)[C@H](CC(C)C)NC(=O)[C@H](CC(C)C)NC(=O)OCC1c2ccccc2-c2ccccc21)C(=O)O. The predicted octanol–water partition coefficient (Wildman–Crippen LogP) is 5.66. The Labute approximate surface area is 385 Å². The molecule has 0 spiro atoms. The van der Waals surface area contributed by atoms with Crippen LogP contribution in [0.1, 0.15) is 125 Å². The van der Waals surface area contributed by atoms with Gasteiger partial charge in [0.05, 0.1) is 0 Å². The number of fused-ring (bicyclic) bond motifs is 3. The number of alkyl carbamates (subject to hydrolysis) is 1. The third-order valence-corrected chi connectivity index (χ3v) is 11.0. The molecule has 6 atom stereocenters. The van der Waals surface area contributed by atoms with Crippen LogP contribution in [0.25, 0.3) is 11.1 Å². The molecule has 0 saturated carbocycles. The lowest BCUT2D eigenvalue weighted by atomic mass is 9.97. The van der Waals surface area contributed by atoms with Gasteiger partial charge in [-0.2, -0.15) is 0 Å². The van der Waals surface area contributed by atoms with Crippen molar-refractivity contribution in [2.45, 2.75) is 150 Å². The van der Waals surface area contributed by atoms with Gasteiger partial charge >= 0.3 is 12.1 Å². The van der Waals surface area contributed by atoms with Crippen molar-refractivity contribution in [2.75, 3.05) is 6.61 Å². The van der Waals surface area contributed by atoms with E-state index in [2.05, 4.69) is 37.8 Å². The van der Waals surface area contributed by atoms with Crippen molar-refractivity contribution in [2.24, 2.45) is 29.6 Å². The Morgan fingerprint density at radius 2 is 0.800 bits per heavy atom. The van der Waals surface area contributed by atoms with Crippen LogP contribution in [-0.2, 0) is 33.5 Å². The quantitative estimate of drug-likeness (QED) is 0.0611. The summed E-state index contributed by atoms with van der Waals surface area (Å²) in [5.41, 5.74) is 4.27. The standard InChI is InChI=1S/C50H72N6O9/c1-12-17-38(49(62)63)51-44(57)39(22-28(2)3)52-45(58)40(23-29(4)5)53-46(59)41(24-30(6)7)54-47(60)42(25-31(8)9)55-48(61)43(26-32(10)11)56-50(64)65-27-37-35-20-15-13-18-33(35)34-19-14-16-21-36(34)37/h1,13-16,18-21,28-32,37-43H,17,22-27H2,2-11H3,(H,51,57)(H,52,58)(H,53,59)(H,54,60)(H,55,61)(H,56,64)(H,62,63)/t38-,39-,40-,41-,42-,43-/m0/s1. The summed E-state index contributed by atoms with van der Waals surface area (Å²) < 4.78 is 5.76. The lowest BCUT2D eigenvalue weighted by Gasteiger charge is -2.29. The zero-order valence-electron chi connectivity index (χ0n) is 39.8. The first kappa shape index (κ1) is 53.4. The first-order chi connectivity index (χ1) is 30.6. The number of carbonyl (C=O) groups excluding carboxylic acids is 6. The fourth-order valence-corrected chi connectivity index (χ4v) is 7.98. The summed E-state index contributed by atoms with van der Waals surface area (Å²) in [4.78, 5) is 94.5. The zero-order chi connectivity index (χ0) is 48.5. The highest BCUT2D eigenvalue weighted by Crippen LogP contribution is 2.44. The van der Waals surface area contributed by atoms with Crippen LogP contribution in [0, 0.1) is 41.9 Å². The molecule has 65 heavy (non-hydrogen) atoms. The maximum absolute atomic E-state index is 14.1. The third kappa shape index (κ3) is 16.9. The Balaban J connectivity index is 1.77. The molecule has 0 aliphatic heterocycles. The van der Waals surface area contributed by atoms with Gasteiger partial charge in [0.2, 0.25) is 29.5 Å². The Bertz CT molecular complexity index is 1960. The molecule has 15 heteroatoms. The molecular weight excluding hydrogens is 829 g/mol. The van der Waals surface area contributed by atoms with Gasteiger partial charge in [-0.1, -0.05) is 118 Å². The van der Waals surface area contributed by atoms with Crippen molar-refractivity contribution in [3.63, 3.8) is 0 Å². The summed E-state index contributed by atoms with van der Waals surface area (Å²) in [7, 11) is 0. The lowest BCUT2D eigenvalue weighted by molar-refractivity contribution is -0.142. The van der Waals surface area contributed by atoms with Crippen LogP contribution in [0.3, 0.4) is 0 Å². The Morgan fingerprint density at radius 1 is 0.508 bits per heavy atom. The Morgan fingerprint density at radius 3 is 1.09 bits per heavy atom. The lowest BCUT2D eigenvalue weighted by Crippen LogP contribution is -2.60. The number of hydrogen-bond donors (Lipinski definition) is 7. The van der Waals surface area contributed by atoms with Gasteiger partial charge in [-0.3, -0.25) is 24.0 Å². The summed E-state index contributed by atoms with van der Waals surface area (Å²) in [5.74, 6) is -2.79. The second kappa shape index (κ2) is 25.5. The van der Waals surface area contributed by atoms with Gasteiger partial charge in [0.25, 0.3) is 0 Å². The van der Waals surface area contributed by atoms with E-state index in [1.54, 1.807) is 0 Å². The molecule has 6 amide bonds. The van der Waals surface area contributed by atoms with Crippen LogP contribution in [0.4, 0.5) is 4.79 Å². The van der Waals surface area contributed by atoms with E-state index >= 15 is 0 Å². The van der Waals surface area contributed by atoms with Crippen LogP contribution < -0.4 is 31.9 Å². The molecule has 2 aromatic carbocycles. The van der Waals surface area contributed by atoms with Gasteiger partial charge in [-0.05, 0) is 83.9 Å². The van der Waals surface area contributed by atoms with E-state index in [4.69, 9.17) is 11.2 Å². The number of amides is 6. The van der Waals surface area contributed by atoms with Gasteiger partial charge in [0, 0.05) is 12.3 Å². The number of carboxylic acid groups (broad SMARTS) is 1. The molecule has 0 unspecified atom stereocenters. The molecule has 1 aliphatic carbocycles. The summed E-state index contributed by atoms with van der Waals surface area (Å²) >= 11 is 0. The van der Waals surface area contributed by atoms with Gasteiger partial charge in [-0.15, -0.1) is 12.3 Å². The van der Waals surface area contributed by atoms with E-state index in [-0.39, 0.29) is 80.6 Å². The highest BCUT2D eigenvalue weighted by Gasteiger charge is 2.35. The first-order valence-corrected chi connectivity index (χ1v) is 22.9. The molecule has 0 bridgehead atoms. The highest BCUT2D eigenvalue weighted by atomic mass is 16.5. The fraction of sp³-hybridized carbons (Fsp3) is 0.580. The molecule has 2 aromatic rings. The minimum Gasteiger partial charge on any atom is -0.480 e. The van der Waals surface area contributed by atoms with Crippen molar-refractivity contribution in [3.8, 4) is 23.5 Å². The Kier molecular flexibility index (Phi) is 21.0. The number of nitrogens with one attached hydrogen (secondary N) is 6. The number of ether oxygens (including phenoxy) is 1. The van der Waals surface area contributed by atoms with Crippen LogP contribution in [0.15, 0.2) is 48.5 Å². The van der Waals surface area contributed by atoms with Crippen LogP contribution in [0.5, 0.6) is 0 Å². The zero-order valence-corrected chi connectivity index (χ0v) is 39.8. The number of carbonyl (C=O) groups is 7. The maximum Gasteiger partial charge on any atom is 0.407 e. The minimum atomic E-state index is -1.35. The van der Waals surface area contributed by atoms with Gasteiger partial charge < -0.3 is 41.7 Å². The van der Waals surface area contributed by atoms with Crippen LogP contribution in [0.2, 0.25) is 0 Å². The highest BCUT2D eigenvalue weighted by molar-refractivity contribution is 5.96. The second-order valence-electron chi connectivity index (χ2n) is 19.2. The molecule has 0 heterocycles. The predicted molar refractivity (Wildman–Crippen MR) is 250 cm³/mol. The maximum atomic E-state index is 14.1. The number of carboxylic acids is 1. The smallest absolute Gasteiger partial charge is 0.407 e. The molecule has 356 valence electrons. The number of benzene rings is 2. The van der Waals surface area contributed by atoms with Crippen LogP contribution >= 0.6 is 0 Å². The number of hydrogen-bond acceptors (Lipinski definition) is 8. The molecular formula is C50H72N6O9. The summed E-state index contributed by atoms with van der Waals surface area (Å²) in [6.45, 7) is 18.8. The van der Waals surface area contributed by atoms with Gasteiger partial charge in [-0.25, -0.2) is 9.59 Å². The topological polar surface area (TPSA) is 221 Å². The fourth-order valence-electron chi connectivity index (χ4n) is 7.98. The van der Waals surface area contributed by atoms with Crippen molar-refractivity contribution < 1.29 is 43.4 Å². The van der Waals surface area contributed by atoms with Crippen molar-refractivity contribution in [1.82, 2.24) is 31.9 Å². The van der Waals surface area contributed by atoms with E-state index < -0.39 is 77.8 Å². The minimum absolute atomic E-state index is 0.0164. The van der Waals surface area contributed by atoms with E-state index in [9.17, 15) is 38.7 Å². The largest absolute Gasteiger partial charge is 0.480 e. The summed E-state index contributed by atoms with van der Waals surface area (Å²) in [6.07, 6.45) is 5.32. The van der Waals surface area contributed by atoms with E-state index in [1.807, 2.05) is 118 Å². The van der Waals surface area contributed by atoms with E-state index in [0.29, 0.717) is 0 Å². The average Bonchev–Trinajstić information content (AvgIpc) is 3.53. The van der Waals surface area contributed by atoms with Gasteiger partial charge in [0.15, 0.2) is 0 Å². The van der Waals surface area contributed by atoms with Crippen molar-refractivity contribution >= 4 is 41.6 Å². The number of aliphatic carboxylic acids is 1. The van der Waals surface area contributed by atoms with E-state index in [0.717, 1.165) is 22.3 Å². The molecule has 0 radical (unpaired) electrons. The molecule has 1 aliphatic rings. The molecule has 0 saturated heterocycles. The summed E-state index contributed by atoms with van der Waals surface area (Å²) in [5, 5.41) is 25.9.